The van der Waals surface area contributed by atoms with Gasteiger partial charge in [-0.05, 0) is 49.4 Å². The van der Waals surface area contributed by atoms with Crippen molar-refractivity contribution in [3.05, 3.63) is 27.8 Å². The summed E-state index contributed by atoms with van der Waals surface area (Å²) >= 11 is 6.15. The Balaban J connectivity index is 2.56. The molecule has 1 atom stereocenters. The fraction of sp³-hybridized carbons (Fsp3) is 0.462. The first-order valence-corrected chi connectivity index (χ1v) is 6.07. The molecule has 0 aliphatic carbocycles. The minimum Gasteiger partial charge on any atom is -0.492 e. The molecule has 1 heterocycles. The molecule has 0 saturated carbocycles. The van der Waals surface area contributed by atoms with Crippen LogP contribution in [0.1, 0.15) is 36.0 Å². The molecule has 0 radical (unpaired) electrons. The topological polar surface area (TPSA) is 46.5 Å². The molecular formula is C13H15ClO3. The van der Waals surface area contributed by atoms with Gasteiger partial charge in [0.05, 0.1) is 17.5 Å². The van der Waals surface area contributed by atoms with Gasteiger partial charge >= 0.3 is 5.97 Å². The fourth-order valence-electron chi connectivity index (χ4n) is 2.26. The summed E-state index contributed by atoms with van der Waals surface area (Å²) in [6.07, 6.45) is 1.86. The van der Waals surface area contributed by atoms with Gasteiger partial charge < -0.3 is 9.84 Å². The third-order valence-electron chi connectivity index (χ3n) is 3.31. The normalized spacial score (nSPS) is 15.9. The van der Waals surface area contributed by atoms with Crippen LogP contribution in [0.25, 0.3) is 0 Å². The maximum Gasteiger partial charge on any atom is 0.310 e. The summed E-state index contributed by atoms with van der Waals surface area (Å²) in [7, 11) is 0. The van der Waals surface area contributed by atoms with E-state index in [0.29, 0.717) is 11.6 Å². The van der Waals surface area contributed by atoms with Crippen LogP contribution < -0.4 is 4.74 Å². The first kappa shape index (κ1) is 12.2. The van der Waals surface area contributed by atoms with Gasteiger partial charge in [0, 0.05) is 0 Å². The predicted octanol–water partition coefficient (Wildman–Crippen LogP) is 3.16. The van der Waals surface area contributed by atoms with Gasteiger partial charge in [0.25, 0.3) is 0 Å². The van der Waals surface area contributed by atoms with E-state index in [0.717, 1.165) is 35.3 Å². The first-order valence-electron chi connectivity index (χ1n) is 5.70. The molecule has 0 aromatic heterocycles. The highest BCUT2D eigenvalue weighted by Crippen LogP contribution is 2.39. The lowest BCUT2D eigenvalue weighted by molar-refractivity contribution is -0.138. The second kappa shape index (κ2) is 4.57. The van der Waals surface area contributed by atoms with Crippen molar-refractivity contribution in [1.82, 2.24) is 0 Å². The minimum absolute atomic E-state index is 0.522. The summed E-state index contributed by atoms with van der Waals surface area (Å²) in [4.78, 5) is 11.1. The van der Waals surface area contributed by atoms with Crippen LogP contribution in [0.3, 0.4) is 0 Å². The highest BCUT2D eigenvalue weighted by molar-refractivity contribution is 6.32. The lowest BCUT2D eigenvalue weighted by Gasteiger charge is -2.23. The monoisotopic (exact) mass is 254 g/mol. The maximum absolute atomic E-state index is 11.1. The lowest BCUT2D eigenvalue weighted by Crippen LogP contribution is -2.15. The van der Waals surface area contributed by atoms with Crippen molar-refractivity contribution in [2.24, 2.45) is 0 Å². The molecule has 1 aromatic carbocycles. The number of hydrogen-bond acceptors (Lipinski definition) is 2. The molecule has 1 unspecified atom stereocenters. The molecule has 1 aliphatic heterocycles. The molecule has 0 fully saturated rings. The number of fused-ring (bicyclic) bond motifs is 1. The van der Waals surface area contributed by atoms with Gasteiger partial charge in [0.2, 0.25) is 0 Å². The molecule has 1 aliphatic rings. The van der Waals surface area contributed by atoms with Crippen LogP contribution in [0.2, 0.25) is 5.02 Å². The van der Waals surface area contributed by atoms with Crippen molar-refractivity contribution in [2.45, 2.75) is 32.6 Å². The average Bonchev–Trinajstić information content (AvgIpc) is 2.33. The van der Waals surface area contributed by atoms with Crippen molar-refractivity contribution in [1.29, 1.82) is 0 Å². The third-order valence-corrected chi connectivity index (χ3v) is 3.59. The molecule has 0 spiro atoms. The summed E-state index contributed by atoms with van der Waals surface area (Å²) in [5.74, 6) is -0.641. The minimum atomic E-state index is -0.833. The number of carboxylic acids is 1. The summed E-state index contributed by atoms with van der Waals surface area (Å²) in [5.41, 5.74) is 2.85. The summed E-state index contributed by atoms with van der Waals surface area (Å²) in [5, 5.41) is 9.60. The number of hydrogen-bond donors (Lipinski definition) is 1. The number of halogens is 1. The zero-order chi connectivity index (χ0) is 12.6. The fourth-order valence-corrected chi connectivity index (χ4v) is 2.55. The number of rotatable bonds is 2. The van der Waals surface area contributed by atoms with Gasteiger partial charge in [0.1, 0.15) is 5.75 Å². The second-order valence-corrected chi connectivity index (χ2v) is 4.80. The molecule has 1 aromatic rings. The smallest absolute Gasteiger partial charge is 0.310 e. The predicted molar refractivity (Wildman–Crippen MR) is 66.1 cm³/mol. The van der Waals surface area contributed by atoms with E-state index in [4.69, 9.17) is 21.4 Å². The standard InChI is InChI=1S/C13H15ClO3/c1-7-9-4-3-5-17-12(9)11(14)6-10(7)8(2)13(15)16/h6,8H,3-5H2,1-2H3,(H,15,16). The van der Waals surface area contributed by atoms with Crippen molar-refractivity contribution >= 4 is 17.6 Å². The third kappa shape index (κ3) is 2.12. The van der Waals surface area contributed by atoms with Crippen molar-refractivity contribution in [2.75, 3.05) is 6.61 Å². The van der Waals surface area contributed by atoms with Crippen molar-refractivity contribution in [3.8, 4) is 5.75 Å². The summed E-state index contributed by atoms with van der Waals surface area (Å²) in [6, 6.07) is 1.72. The molecule has 0 saturated heterocycles. The van der Waals surface area contributed by atoms with Gasteiger partial charge in [-0.3, -0.25) is 4.79 Å². The summed E-state index contributed by atoms with van der Waals surface area (Å²) < 4.78 is 5.55. The van der Waals surface area contributed by atoms with Crippen LogP contribution in [-0.2, 0) is 11.2 Å². The molecule has 1 N–H and O–H groups in total. The van der Waals surface area contributed by atoms with Crippen molar-refractivity contribution < 1.29 is 14.6 Å². The average molecular weight is 255 g/mol. The SMILES string of the molecule is Cc1c(C(C)C(=O)O)cc(Cl)c2c1CCCO2. The Bertz CT molecular complexity index is 468. The van der Waals surface area contributed by atoms with E-state index in [-0.39, 0.29) is 0 Å². The van der Waals surface area contributed by atoms with E-state index < -0.39 is 11.9 Å². The van der Waals surface area contributed by atoms with E-state index in [2.05, 4.69) is 0 Å². The van der Waals surface area contributed by atoms with Crippen molar-refractivity contribution in [3.63, 3.8) is 0 Å². The van der Waals surface area contributed by atoms with Gasteiger partial charge in [0.15, 0.2) is 0 Å². The highest BCUT2D eigenvalue weighted by Gasteiger charge is 2.23. The Labute approximate surface area is 105 Å². The Morgan fingerprint density at radius 2 is 2.29 bits per heavy atom. The Kier molecular flexibility index (Phi) is 3.29. The van der Waals surface area contributed by atoms with Crippen LogP contribution in [0.5, 0.6) is 5.75 Å². The van der Waals surface area contributed by atoms with Gasteiger partial charge in [-0.15, -0.1) is 0 Å². The highest BCUT2D eigenvalue weighted by atomic mass is 35.5. The second-order valence-electron chi connectivity index (χ2n) is 4.39. The van der Waals surface area contributed by atoms with Crippen LogP contribution in [0, 0.1) is 6.92 Å². The number of ether oxygens (including phenoxy) is 1. The van der Waals surface area contributed by atoms with Crippen LogP contribution >= 0.6 is 11.6 Å². The number of carboxylic acid groups (broad SMARTS) is 1. The van der Waals surface area contributed by atoms with E-state index in [1.54, 1.807) is 13.0 Å². The quantitative estimate of drug-likeness (QED) is 0.882. The zero-order valence-corrected chi connectivity index (χ0v) is 10.7. The first-order chi connectivity index (χ1) is 8.02. The number of carbonyl (C=O) groups is 1. The zero-order valence-electron chi connectivity index (χ0n) is 9.92. The molecule has 3 nitrogen and oxygen atoms in total. The molecule has 92 valence electrons. The van der Waals surface area contributed by atoms with E-state index in [1.807, 2.05) is 6.92 Å². The van der Waals surface area contributed by atoms with Gasteiger partial charge in [-0.1, -0.05) is 11.6 Å². The maximum atomic E-state index is 11.1. The van der Waals surface area contributed by atoms with Crippen LogP contribution in [-0.4, -0.2) is 17.7 Å². The largest absolute Gasteiger partial charge is 0.492 e. The molecule has 2 rings (SSSR count). The molecule has 4 heteroatoms. The molecular weight excluding hydrogens is 240 g/mol. The van der Waals surface area contributed by atoms with E-state index >= 15 is 0 Å². The van der Waals surface area contributed by atoms with Crippen LogP contribution in [0.15, 0.2) is 6.07 Å². The molecule has 17 heavy (non-hydrogen) atoms. The Hall–Kier alpha value is -1.22. The Morgan fingerprint density at radius 3 is 2.94 bits per heavy atom. The van der Waals surface area contributed by atoms with Gasteiger partial charge in [-0.25, -0.2) is 0 Å². The van der Waals surface area contributed by atoms with E-state index in [1.165, 1.54) is 0 Å². The van der Waals surface area contributed by atoms with Crippen LogP contribution in [0.4, 0.5) is 0 Å². The number of aliphatic carboxylic acids is 1. The van der Waals surface area contributed by atoms with Gasteiger partial charge in [-0.2, -0.15) is 0 Å². The molecule has 0 amide bonds. The number of benzene rings is 1. The molecule has 0 bridgehead atoms. The van der Waals surface area contributed by atoms with E-state index in [9.17, 15) is 4.79 Å². The Morgan fingerprint density at radius 1 is 1.59 bits per heavy atom. The summed E-state index contributed by atoms with van der Waals surface area (Å²) in [6.45, 7) is 4.30. The lowest BCUT2D eigenvalue weighted by atomic mass is 9.90.